The molecule has 1 aliphatic rings. The molecular weight excluding hydrogens is 470 g/mol. The summed E-state index contributed by atoms with van der Waals surface area (Å²) in [4.78, 5) is 24.0. The third kappa shape index (κ3) is 3.95. The number of nitrogens with two attached hydrogens (primary N) is 1. The number of nitrogen functional groups attached to an aromatic ring is 1. The van der Waals surface area contributed by atoms with Gasteiger partial charge in [-0.3, -0.25) is 4.79 Å². The first-order valence-corrected chi connectivity index (χ1v) is 9.87. The lowest BCUT2D eigenvalue weighted by Gasteiger charge is -2.29. The standard InChI is InChI=1S/C17H12F6N4O4S/c18-16(19,20)9-2-1-3-11(8-9)27-13(28)15(17(21,22)23,25-14(27)29)26-32(30,31)12-6-4-10(24)5-7-12/h1-8,26H,24H2,(H,25,29). The van der Waals surface area contributed by atoms with Gasteiger partial charge in [-0.05, 0) is 42.5 Å². The average Bonchev–Trinajstić information content (AvgIpc) is 2.91. The molecule has 1 aliphatic heterocycles. The molecule has 0 aromatic heterocycles. The molecule has 1 heterocycles. The Hall–Kier alpha value is -3.33. The summed E-state index contributed by atoms with van der Waals surface area (Å²) >= 11 is 0. The van der Waals surface area contributed by atoms with E-state index in [9.17, 15) is 44.3 Å². The zero-order valence-corrected chi connectivity index (χ0v) is 16.3. The van der Waals surface area contributed by atoms with Crippen molar-refractivity contribution in [3.63, 3.8) is 0 Å². The van der Waals surface area contributed by atoms with Crippen LogP contribution in [-0.4, -0.2) is 32.2 Å². The molecule has 172 valence electrons. The maximum Gasteiger partial charge on any atom is 0.435 e. The van der Waals surface area contributed by atoms with Crippen molar-refractivity contribution in [2.45, 2.75) is 22.9 Å². The Morgan fingerprint density at radius 1 is 0.969 bits per heavy atom. The Morgan fingerprint density at radius 3 is 2.09 bits per heavy atom. The number of hydrogen-bond acceptors (Lipinski definition) is 5. The van der Waals surface area contributed by atoms with Crippen molar-refractivity contribution in [3.8, 4) is 0 Å². The van der Waals surface area contributed by atoms with Gasteiger partial charge in [-0.15, -0.1) is 0 Å². The van der Waals surface area contributed by atoms with Gasteiger partial charge in [0, 0.05) is 5.69 Å². The first-order chi connectivity index (χ1) is 14.6. The molecule has 0 bridgehead atoms. The Labute approximate surface area is 176 Å². The lowest BCUT2D eigenvalue weighted by atomic mass is 10.1. The number of amides is 3. The minimum absolute atomic E-state index is 0.0930. The van der Waals surface area contributed by atoms with Gasteiger partial charge in [0.25, 0.3) is 11.6 Å². The van der Waals surface area contributed by atoms with Gasteiger partial charge in [0.15, 0.2) is 0 Å². The lowest BCUT2D eigenvalue weighted by Crippen LogP contribution is -2.69. The Morgan fingerprint density at radius 2 is 1.56 bits per heavy atom. The summed E-state index contributed by atoms with van der Waals surface area (Å²) in [6.45, 7) is 0. The molecule has 8 nitrogen and oxygen atoms in total. The number of nitrogens with zero attached hydrogens (tertiary/aromatic N) is 1. The van der Waals surface area contributed by atoms with Crippen molar-refractivity contribution < 1.29 is 44.3 Å². The van der Waals surface area contributed by atoms with Crippen molar-refractivity contribution in [2.75, 3.05) is 10.6 Å². The summed E-state index contributed by atoms with van der Waals surface area (Å²) in [6.07, 6.45) is -10.6. The minimum atomic E-state index is -5.71. The minimum Gasteiger partial charge on any atom is -0.399 e. The number of hydrogen-bond donors (Lipinski definition) is 3. The maximum absolute atomic E-state index is 13.9. The van der Waals surface area contributed by atoms with E-state index in [2.05, 4.69) is 0 Å². The molecule has 0 spiro atoms. The van der Waals surface area contributed by atoms with Gasteiger partial charge < -0.3 is 11.1 Å². The van der Waals surface area contributed by atoms with Crippen LogP contribution in [0.5, 0.6) is 0 Å². The van der Waals surface area contributed by atoms with E-state index >= 15 is 0 Å². The molecule has 1 saturated heterocycles. The van der Waals surface area contributed by atoms with Gasteiger partial charge in [-0.25, -0.2) is 18.1 Å². The number of imide groups is 1. The number of anilines is 2. The summed E-state index contributed by atoms with van der Waals surface area (Å²) in [6, 6.07) is 4.46. The van der Waals surface area contributed by atoms with Crippen molar-refractivity contribution in [1.82, 2.24) is 10.0 Å². The number of carbonyl (C=O) groups is 2. The first kappa shape index (κ1) is 23.3. The maximum atomic E-state index is 13.9. The van der Waals surface area contributed by atoms with Crippen LogP contribution in [0.15, 0.2) is 53.4 Å². The summed E-state index contributed by atoms with van der Waals surface area (Å²) in [5.74, 6) is -2.19. The fourth-order valence-electron chi connectivity index (χ4n) is 2.81. The molecule has 0 radical (unpaired) electrons. The zero-order chi connectivity index (χ0) is 24.1. The van der Waals surface area contributed by atoms with Gasteiger partial charge in [0.05, 0.1) is 16.1 Å². The van der Waals surface area contributed by atoms with Crippen LogP contribution in [0.4, 0.5) is 42.5 Å². The lowest BCUT2D eigenvalue weighted by molar-refractivity contribution is -0.194. The highest BCUT2D eigenvalue weighted by Crippen LogP contribution is 2.38. The van der Waals surface area contributed by atoms with E-state index in [1.165, 1.54) is 5.32 Å². The fourth-order valence-corrected chi connectivity index (χ4v) is 4.08. The summed E-state index contributed by atoms with van der Waals surface area (Å²) in [7, 11) is -5.06. The number of benzene rings is 2. The van der Waals surface area contributed by atoms with E-state index in [0.29, 0.717) is 6.07 Å². The Balaban J connectivity index is 2.08. The largest absolute Gasteiger partial charge is 0.435 e. The van der Waals surface area contributed by atoms with Crippen molar-refractivity contribution in [3.05, 3.63) is 54.1 Å². The molecule has 2 aromatic carbocycles. The number of rotatable bonds is 4. The van der Waals surface area contributed by atoms with Crippen LogP contribution < -0.4 is 20.7 Å². The van der Waals surface area contributed by atoms with Gasteiger partial charge in [-0.1, -0.05) is 6.07 Å². The normalized spacial score (nSPS) is 19.9. The highest BCUT2D eigenvalue weighted by atomic mass is 32.2. The van der Waals surface area contributed by atoms with Crippen LogP contribution in [0.2, 0.25) is 0 Å². The second-order valence-corrected chi connectivity index (χ2v) is 8.22. The van der Waals surface area contributed by atoms with Crippen LogP contribution in [0.3, 0.4) is 0 Å². The number of alkyl halides is 6. The summed E-state index contributed by atoms with van der Waals surface area (Å²) in [5.41, 5.74) is -0.866. The molecule has 1 unspecified atom stereocenters. The average molecular weight is 482 g/mol. The van der Waals surface area contributed by atoms with Crippen molar-refractivity contribution in [1.29, 1.82) is 0 Å². The third-order valence-electron chi connectivity index (χ3n) is 4.36. The molecule has 4 N–H and O–H groups in total. The number of halogens is 6. The molecular formula is C17H12F6N4O4S. The predicted octanol–water partition coefficient (Wildman–Crippen LogP) is 2.58. The third-order valence-corrected chi connectivity index (χ3v) is 5.82. The van der Waals surface area contributed by atoms with Gasteiger partial charge in [0.2, 0.25) is 10.0 Å². The quantitative estimate of drug-likeness (QED) is 0.351. The fraction of sp³-hybridized carbons (Fsp3) is 0.176. The van der Waals surface area contributed by atoms with E-state index in [-0.39, 0.29) is 16.7 Å². The SMILES string of the molecule is Nc1ccc(S(=O)(=O)NC2(C(F)(F)F)NC(=O)N(c3cccc(C(F)(F)F)c3)C2=O)cc1. The molecule has 3 amide bonds. The van der Waals surface area contributed by atoms with Crippen LogP contribution in [0.25, 0.3) is 0 Å². The molecule has 2 aromatic rings. The second kappa shape index (κ2) is 7.37. The predicted molar refractivity (Wildman–Crippen MR) is 97.4 cm³/mol. The summed E-state index contributed by atoms with van der Waals surface area (Å²) < 4.78 is 107. The molecule has 15 heteroatoms. The van der Waals surface area contributed by atoms with Crippen molar-refractivity contribution >= 4 is 33.3 Å². The zero-order valence-electron chi connectivity index (χ0n) is 15.5. The van der Waals surface area contributed by atoms with E-state index < -0.39 is 56.1 Å². The van der Waals surface area contributed by atoms with E-state index in [4.69, 9.17) is 5.73 Å². The highest BCUT2D eigenvalue weighted by molar-refractivity contribution is 7.89. The van der Waals surface area contributed by atoms with Crippen LogP contribution in [0, 0.1) is 0 Å². The highest BCUT2D eigenvalue weighted by Gasteiger charge is 2.70. The Bertz CT molecular complexity index is 1180. The monoisotopic (exact) mass is 482 g/mol. The number of urea groups is 1. The van der Waals surface area contributed by atoms with Gasteiger partial charge in [-0.2, -0.15) is 31.1 Å². The second-order valence-electron chi connectivity index (χ2n) is 6.54. The first-order valence-electron chi connectivity index (χ1n) is 8.39. The van der Waals surface area contributed by atoms with Crippen LogP contribution >= 0.6 is 0 Å². The number of carbonyl (C=O) groups excluding carboxylic acids is 2. The van der Waals surface area contributed by atoms with Crippen LogP contribution in [0.1, 0.15) is 5.56 Å². The number of sulfonamides is 1. The summed E-state index contributed by atoms with van der Waals surface area (Å²) in [5, 5.41) is 1.22. The van der Waals surface area contributed by atoms with Gasteiger partial charge in [0.1, 0.15) is 0 Å². The molecule has 0 saturated carbocycles. The molecule has 32 heavy (non-hydrogen) atoms. The van der Waals surface area contributed by atoms with Crippen LogP contribution in [-0.2, 0) is 21.0 Å². The molecule has 1 fully saturated rings. The molecule has 3 rings (SSSR count). The van der Waals surface area contributed by atoms with E-state index in [0.717, 1.165) is 41.1 Å². The van der Waals surface area contributed by atoms with E-state index in [1.54, 1.807) is 0 Å². The van der Waals surface area contributed by atoms with Gasteiger partial charge >= 0.3 is 18.4 Å². The molecule has 0 aliphatic carbocycles. The van der Waals surface area contributed by atoms with Crippen molar-refractivity contribution in [2.24, 2.45) is 0 Å². The topological polar surface area (TPSA) is 122 Å². The number of nitrogens with one attached hydrogen (secondary N) is 2. The molecule has 1 atom stereocenters. The van der Waals surface area contributed by atoms with E-state index in [1.807, 2.05) is 0 Å². The Kier molecular flexibility index (Phi) is 5.38. The smallest absolute Gasteiger partial charge is 0.399 e.